The number of methoxy groups -OCH3 is 2. The number of benzene rings is 3. The van der Waals surface area contributed by atoms with Crippen LogP contribution in [0.5, 0.6) is 17.5 Å². The molecule has 1 aliphatic heterocycles. The van der Waals surface area contributed by atoms with E-state index in [1.165, 1.54) is 0 Å². The molecule has 0 amide bonds. The molecule has 0 aliphatic carbocycles. The van der Waals surface area contributed by atoms with Crippen molar-refractivity contribution in [1.82, 2.24) is 9.97 Å². The van der Waals surface area contributed by atoms with Gasteiger partial charge in [-0.3, -0.25) is 0 Å². The van der Waals surface area contributed by atoms with E-state index in [1.54, 1.807) is 20.3 Å². The Morgan fingerprint density at radius 2 is 1.73 bits per heavy atom. The summed E-state index contributed by atoms with van der Waals surface area (Å²) in [6.07, 6.45) is 0.669. The van der Waals surface area contributed by atoms with Gasteiger partial charge in [-0.2, -0.15) is 15.2 Å². The number of anilines is 1. The summed E-state index contributed by atoms with van der Waals surface area (Å²) in [6, 6.07) is 22.1. The van der Waals surface area contributed by atoms with Gasteiger partial charge < -0.3 is 23.8 Å². The van der Waals surface area contributed by atoms with E-state index >= 15 is 0 Å². The fourth-order valence-electron chi connectivity index (χ4n) is 4.42. The third kappa shape index (κ3) is 5.42. The van der Waals surface area contributed by atoms with Gasteiger partial charge in [0.1, 0.15) is 5.82 Å². The molecule has 8 heteroatoms. The molecule has 0 atom stereocenters. The highest BCUT2D eigenvalue weighted by Gasteiger charge is 2.19. The van der Waals surface area contributed by atoms with E-state index in [2.05, 4.69) is 17.0 Å². The van der Waals surface area contributed by atoms with Gasteiger partial charge in [-0.1, -0.05) is 24.3 Å². The van der Waals surface area contributed by atoms with Crippen LogP contribution in [0.15, 0.2) is 60.7 Å². The number of nitriles is 1. The summed E-state index contributed by atoms with van der Waals surface area (Å²) < 4.78 is 22.3. The molecule has 2 heterocycles. The molecule has 1 saturated heterocycles. The van der Waals surface area contributed by atoms with Gasteiger partial charge in [-0.15, -0.1) is 0 Å². The van der Waals surface area contributed by atoms with E-state index in [0.29, 0.717) is 49.3 Å². The molecule has 37 heavy (non-hydrogen) atoms. The van der Waals surface area contributed by atoms with E-state index in [1.807, 2.05) is 48.5 Å². The summed E-state index contributed by atoms with van der Waals surface area (Å²) in [4.78, 5) is 11.7. The standard InChI is InChI=1S/C29H28N4O4/c1-34-26-9-6-20(17-27(26)35-2)10-13-37-29-31-25-8-7-23(22-5-3-4-21(16-22)19-30)18-24(25)28(32-29)33-11-14-36-15-12-33/h3-9,16-18H,10-15H2,1-2H3. The van der Waals surface area contributed by atoms with Gasteiger partial charge in [-0.25, -0.2) is 0 Å². The lowest BCUT2D eigenvalue weighted by Crippen LogP contribution is -2.37. The smallest absolute Gasteiger partial charge is 0.318 e. The maximum absolute atomic E-state index is 9.30. The zero-order chi connectivity index (χ0) is 25.6. The monoisotopic (exact) mass is 496 g/mol. The Hall–Kier alpha value is -4.35. The zero-order valence-electron chi connectivity index (χ0n) is 20.9. The molecule has 188 valence electrons. The molecular weight excluding hydrogens is 468 g/mol. The number of hydrogen-bond acceptors (Lipinski definition) is 8. The minimum Gasteiger partial charge on any atom is -0.493 e. The van der Waals surface area contributed by atoms with Gasteiger partial charge in [0.25, 0.3) is 0 Å². The van der Waals surface area contributed by atoms with Crippen molar-refractivity contribution in [1.29, 1.82) is 5.26 Å². The first-order valence-electron chi connectivity index (χ1n) is 12.2. The van der Waals surface area contributed by atoms with Crippen LogP contribution in [0.25, 0.3) is 22.0 Å². The predicted octanol–water partition coefficient (Wildman–Crippen LogP) is 4.64. The Kier molecular flexibility index (Phi) is 7.33. The first-order valence-corrected chi connectivity index (χ1v) is 12.2. The van der Waals surface area contributed by atoms with E-state index in [9.17, 15) is 5.26 Å². The molecule has 0 N–H and O–H groups in total. The molecule has 0 radical (unpaired) electrons. The number of nitrogens with zero attached hydrogens (tertiary/aromatic N) is 4. The first kappa shape index (κ1) is 24.3. The molecule has 0 spiro atoms. The highest BCUT2D eigenvalue weighted by molar-refractivity contribution is 5.93. The maximum Gasteiger partial charge on any atom is 0.318 e. The Labute approximate surface area is 216 Å². The molecule has 1 fully saturated rings. The van der Waals surface area contributed by atoms with E-state index in [0.717, 1.165) is 46.5 Å². The Balaban J connectivity index is 1.43. The molecule has 4 aromatic rings. The van der Waals surface area contributed by atoms with Crippen molar-refractivity contribution in [3.05, 3.63) is 71.8 Å². The third-order valence-electron chi connectivity index (χ3n) is 6.36. The Bertz CT molecular complexity index is 1440. The van der Waals surface area contributed by atoms with Gasteiger partial charge in [0.05, 0.1) is 51.2 Å². The quantitative estimate of drug-likeness (QED) is 0.348. The lowest BCUT2D eigenvalue weighted by atomic mass is 10.0. The number of aromatic nitrogens is 2. The second-order valence-corrected chi connectivity index (χ2v) is 8.64. The molecule has 1 aliphatic rings. The van der Waals surface area contributed by atoms with E-state index in [4.69, 9.17) is 28.9 Å². The molecule has 0 saturated carbocycles. The van der Waals surface area contributed by atoms with Gasteiger partial charge in [0, 0.05) is 24.9 Å². The minimum atomic E-state index is 0.341. The molecule has 0 bridgehead atoms. The van der Waals surface area contributed by atoms with Gasteiger partial charge in [-0.05, 0) is 53.1 Å². The summed E-state index contributed by atoms with van der Waals surface area (Å²) in [5.41, 5.74) is 4.48. The molecule has 0 unspecified atom stereocenters. The molecule has 3 aromatic carbocycles. The average Bonchev–Trinajstić information content (AvgIpc) is 2.96. The maximum atomic E-state index is 9.30. The summed E-state index contributed by atoms with van der Waals surface area (Å²) in [7, 11) is 3.25. The predicted molar refractivity (Wildman–Crippen MR) is 141 cm³/mol. The van der Waals surface area contributed by atoms with Crippen molar-refractivity contribution in [2.45, 2.75) is 6.42 Å². The summed E-state index contributed by atoms with van der Waals surface area (Å²) >= 11 is 0. The van der Waals surface area contributed by atoms with Crippen molar-refractivity contribution in [3.8, 4) is 34.7 Å². The van der Waals surface area contributed by atoms with Gasteiger partial charge in [0.15, 0.2) is 11.5 Å². The van der Waals surface area contributed by atoms with Crippen LogP contribution < -0.4 is 19.1 Å². The number of ether oxygens (including phenoxy) is 4. The lowest BCUT2D eigenvalue weighted by Gasteiger charge is -2.29. The topological polar surface area (TPSA) is 89.7 Å². The number of morpholine rings is 1. The van der Waals surface area contributed by atoms with E-state index < -0.39 is 0 Å². The van der Waals surface area contributed by atoms with Crippen LogP contribution in [0.3, 0.4) is 0 Å². The van der Waals surface area contributed by atoms with Crippen molar-refractivity contribution < 1.29 is 18.9 Å². The van der Waals surface area contributed by atoms with Crippen molar-refractivity contribution >= 4 is 16.7 Å². The average molecular weight is 497 g/mol. The van der Waals surface area contributed by atoms with Crippen LogP contribution in [0.2, 0.25) is 0 Å². The van der Waals surface area contributed by atoms with Crippen molar-refractivity contribution in [2.75, 3.05) is 52.0 Å². The fraction of sp³-hybridized carbons (Fsp3) is 0.276. The summed E-state index contributed by atoms with van der Waals surface area (Å²) in [6.45, 7) is 3.19. The molecule has 1 aromatic heterocycles. The van der Waals surface area contributed by atoms with Crippen LogP contribution in [0.4, 0.5) is 5.82 Å². The number of rotatable bonds is 8. The van der Waals surface area contributed by atoms with Crippen molar-refractivity contribution in [2.24, 2.45) is 0 Å². The van der Waals surface area contributed by atoms with Gasteiger partial charge in [0.2, 0.25) is 0 Å². The van der Waals surface area contributed by atoms with Crippen LogP contribution in [-0.4, -0.2) is 57.1 Å². The summed E-state index contributed by atoms with van der Waals surface area (Å²) in [5, 5.41) is 10.2. The number of fused-ring (bicyclic) bond motifs is 1. The largest absolute Gasteiger partial charge is 0.493 e. The van der Waals surface area contributed by atoms with E-state index in [-0.39, 0.29) is 0 Å². The lowest BCUT2D eigenvalue weighted by molar-refractivity contribution is 0.122. The van der Waals surface area contributed by atoms with Crippen molar-refractivity contribution in [3.63, 3.8) is 0 Å². The van der Waals surface area contributed by atoms with Crippen LogP contribution in [0.1, 0.15) is 11.1 Å². The SMILES string of the molecule is COc1ccc(CCOc2nc(N3CCOCC3)c3cc(-c4cccc(C#N)c4)ccc3n2)cc1OC. The van der Waals surface area contributed by atoms with Crippen LogP contribution in [-0.2, 0) is 11.2 Å². The summed E-state index contributed by atoms with van der Waals surface area (Å²) in [5.74, 6) is 2.21. The Morgan fingerprint density at radius 1 is 0.919 bits per heavy atom. The number of hydrogen-bond donors (Lipinski definition) is 0. The normalized spacial score (nSPS) is 13.3. The van der Waals surface area contributed by atoms with Gasteiger partial charge >= 0.3 is 6.01 Å². The Morgan fingerprint density at radius 3 is 2.51 bits per heavy atom. The second-order valence-electron chi connectivity index (χ2n) is 8.64. The fourth-order valence-corrected chi connectivity index (χ4v) is 4.42. The third-order valence-corrected chi connectivity index (χ3v) is 6.36. The van der Waals surface area contributed by atoms with Crippen LogP contribution >= 0.6 is 0 Å². The minimum absolute atomic E-state index is 0.341. The first-order chi connectivity index (χ1) is 18.2. The second kappa shape index (κ2) is 11.1. The molecule has 5 rings (SSSR count). The molecule has 8 nitrogen and oxygen atoms in total. The highest BCUT2D eigenvalue weighted by Crippen LogP contribution is 2.32. The molecular formula is C29H28N4O4. The highest BCUT2D eigenvalue weighted by atomic mass is 16.5. The van der Waals surface area contributed by atoms with Crippen LogP contribution in [0, 0.1) is 11.3 Å². The zero-order valence-corrected chi connectivity index (χ0v) is 20.9.